The predicted octanol–water partition coefficient (Wildman–Crippen LogP) is 12.2. The summed E-state index contributed by atoms with van der Waals surface area (Å²) in [6, 6.07) is 60.1. The van der Waals surface area contributed by atoms with Crippen LogP contribution in [0.15, 0.2) is 176 Å². The summed E-state index contributed by atoms with van der Waals surface area (Å²) in [5, 5.41) is 3.76. The third-order valence-electron chi connectivity index (χ3n) is 9.94. The van der Waals surface area contributed by atoms with Crippen LogP contribution < -0.4 is 0 Å². The molecule has 0 radical (unpaired) electrons. The van der Waals surface area contributed by atoms with Gasteiger partial charge in [0.15, 0.2) is 5.82 Å². The van der Waals surface area contributed by atoms with Crippen molar-refractivity contribution < 1.29 is 0 Å². The number of rotatable bonds is 5. The maximum Gasteiger partial charge on any atom is 0.160 e. The van der Waals surface area contributed by atoms with E-state index in [2.05, 4.69) is 163 Å². The van der Waals surface area contributed by atoms with Crippen LogP contribution in [0.5, 0.6) is 0 Å². The van der Waals surface area contributed by atoms with Crippen LogP contribution >= 0.6 is 0 Å². The summed E-state index contributed by atoms with van der Waals surface area (Å²) in [4.78, 5) is 14.7. The summed E-state index contributed by atoms with van der Waals surface area (Å²) >= 11 is 0. The molecule has 1 aliphatic rings. The zero-order valence-electron chi connectivity index (χ0n) is 27.1. The fourth-order valence-corrected chi connectivity index (χ4v) is 7.51. The Morgan fingerprint density at radius 2 is 0.840 bits per heavy atom. The van der Waals surface area contributed by atoms with Gasteiger partial charge in [-0.25, -0.2) is 9.97 Å². The van der Waals surface area contributed by atoms with E-state index >= 15 is 0 Å². The third kappa shape index (κ3) is 4.63. The second kappa shape index (κ2) is 11.5. The topological polar surface area (TPSA) is 38.7 Å². The summed E-state index contributed by atoms with van der Waals surface area (Å²) in [6.07, 6.45) is 1.87. The van der Waals surface area contributed by atoms with Gasteiger partial charge in [-0.05, 0) is 73.5 Å². The highest BCUT2D eigenvalue weighted by Crippen LogP contribution is 2.49. The molecule has 1 aliphatic carbocycles. The van der Waals surface area contributed by atoms with Gasteiger partial charge in [0, 0.05) is 28.3 Å². The summed E-state index contributed by atoms with van der Waals surface area (Å²) < 4.78 is 0. The van der Waals surface area contributed by atoms with E-state index in [-0.39, 0.29) is 0 Å². The van der Waals surface area contributed by atoms with Crippen molar-refractivity contribution in [3.8, 4) is 78.4 Å². The number of nitrogens with zero attached hydrogens (tertiary/aromatic N) is 3. The number of benzene rings is 7. The Bertz CT molecular complexity index is 2700. The highest BCUT2D eigenvalue weighted by molar-refractivity contribution is 6.18. The lowest BCUT2D eigenvalue weighted by Gasteiger charge is -2.12. The van der Waals surface area contributed by atoms with Gasteiger partial charge in [0.25, 0.3) is 0 Å². The van der Waals surface area contributed by atoms with Crippen molar-refractivity contribution in [1.29, 1.82) is 0 Å². The SMILES string of the molecule is c1ccc(-c2cc(-c3ccc(-c4ccc5c6c(cccc46)-c4ccccc4-5)cc3)nc(-c3ccc(-c4ccnc5ccccc45)cc3)n2)cc1. The highest BCUT2D eigenvalue weighted by atomic mass is 14.9. The Balaban J connectivity index is 1.04. The van der Waals surface area contributed by atoms with Crippen LogP contribution in [-0.4, -0.2) is 15.0 Å². The van der Waals surface area contributed by atoms with Gasteiger partial charge in [0.1, 0.15) is 0 Å². The molecule has 3 heteroatoms. The minimum Gasteiger partial charge on any atom is -0.256 e. The lowest BCUT2D eigenvalue weighted by molar-refractivity contribution is 1.18. The molecule has 0 spiro atoms. The van der Waals surface area contributed by atoms with Gasteiger partial charge >= 0.3 is 0 Å². The molecule has 0 atom stereocenters. The molecule has 3 nitrogen and oxygen atoms in total. The largest absolute Gasteiger partial charge is 0.256 e. The molecular weight excluding hydrogens is 607 g/mol. The minimum atomic E-state index is 0.698. The van der Waals surface area contributed by atoms with E-state index in [1.54, 1.807) is 0 Å². The van der Waals surface area contributed by atoms with E-state index in [4.69, 9.17) is 9.97 Å². The first-order valence-electron chi connectivity index (χ1n) is 16.9. The first-order valence-corrected chi connectivity index (χ1v) is 16.9. The van der Waals surface area contributed by atoms with Gasteiger partial charge in [-0.2, -0.15) is 0 Å². The first kappa shape index (κ1) is 28.3. The fraction of sp³-hybridized carbons (Fsp3) is 0. The van der Waals surface area contributed by atoms with Crippen LogP contribution in [-0.2, 0) is 0 Å². The van der Waals surface area contributed by atoms with Crippen molar-refractivity contribution in [3.63, 3.8) is 0 Å². The standard InChI is InChI=1S/C47H29N3/c1-2-9-32(10-3-1)44-29-45(50-47(49-44)34-23-19-31(20-24-34)36-27-28-48-43-16-7-6-13-39(36)43)33-21-17-30(18-22-33)35-25-26-42-38-12-5-4-11-37(38)41-15-8-14-40(35)46(41)42/h1-29H. The van der Waals surface area contributed by atoms with Gasteiger partial charge in [0.05, 0.1) is 16.9 Å². The molecule has 0 fully saturated rings. The average molecular weight is 636 g/mol. The van der Waals surface area contributed by atoms with Crippen LogP contribution in [0, 0.1) is 0 Å². The lowest BCUT2D eigenvalue weighted by atomic mass is 9.93. The Labute approximate surface area is 290 Å². The smallest absolute Gasteiger partial charge is 0.160 e. The molecular formula is C47H29N3. The Morgan fingerprint density at radius 1 is 0.320 bits per heavy atom. The van der Waals surface area contributed by atoms with Gasteiger partial charge in [-0.3, -0.25) is 4.98 Å². The number of aromatic nitrogens is 3. The van der Waals surface area contributed by atoms with Crippen LogP contribution in [0.3, 0.4) is 0 Å². The van der Waals surface area contributed by atoms with Crippen molar-refractivity contribution in [2.45, 2.75) is 0 Å². The molecule has 9 aromatic rings. The Hall–Kier alpha value is -6.71. The van der Waals surface area contributed by atoms with E-state index in [0.717, 1.165) is 50.1 Å². The highest BCUT2D eigenvalue weighted by Gasteiger charge is 2.22. The third-order valence-corrected chi connectivity index (χ3v) is 9.94. The summed E-state index contributed by atoms with van der Waals surface area (Å²) in [6.45, 7) is 0. The van der Waals surface area contributed by atoms with Crippen molar-refractivity contribution in [3.05, 3.63) is 176 Å². The molecule has 0 unspecified atom stereocenters. The summed E-state index contributed by atoms with van der Waals surface area (Å²) in [5.74, 6) is 0.698. The molecule has 0 saturated carbocycles. The van der Waals surface area contributed by atoms with E-state index in [1.807, 2.05) is 18.3 Å². The predicted molar refractivity (Wildman–Crippen MR) is 206 cm³/mol. The fourth-order valence-electron chi connectivity index (χ4n) is 7.51. The molecule has 232 valence electrons. The Kier molecular flexibility index (Phi) is 6.49. The van der Waals surface area contributed by atoms with Gasteiger partial charge in [0.2, 0.25) is 0 Å². The number of para-hydroxylation sites is 1. The van der Waals surface area contributed by atoms with Crippen LogP contribution in [0.25, 0.3) is 100 Å². The van der Waals surface area contributed by atoms with E-state index in [9.17, 15) is 0 Å². The zero-order chi connectivity index (χ0) is 33.0. The quantitative estimate of drug-likeness (QED) is 0.189. The molecule has 7 aromatic carbocycles. The van der Waals surface area contributed by atoms with Gasteiger partial charge in [-0.15, -0.1) is 0 Å². The molecule has 10 rings (SSSR count). The van der Waals surface area contributed by atoms with Crippen molar-refractivity contribution in [2.75, 3.05) is 0 Å². The van der Waals surface area contributed by atoms with Crippen LogP contribution in [0.2, 0.25) is 0 Å². The zero-order valence-corrected chi connectivity index (χ0v) is 27.1. The van der Waals surface area contributed by atoms with Crippen molar-refractivity contribution in [2.24, 2.45) is 0 Å². The van der Waals surface area contributed by atoms with Gasteiger partial charge < -0.3 is 0 Å². The molecule has 0 N–H and O–H groups in total. The summed E-state index contributed by atoms with van der Waals surface area (Å²) in [5.41, 5.74) is 15.8. The monoisotopic (exact) mass is 635 g/mol. The molecule has 0 saturated heterocycles. The van der Waals surface area contributed by atoms with E-state index in [0.29, 0.717) is 5.82 Å². The molecule has 2 aromatic heterocycles. The molecule has 0 aliphatic heterocycles. The first-order chi connectivity index (χ1) is 24.8. The number of hydrogen-bond acceptors (Lipinski definition) is 3. The van der Waals surface area contributed by atoms with Crippen molar-refractivity contribution in [1.82, 2.24) is 15.0 Å². The minimum absolute atomic E-state index is 0.698. The number of hydrogen-bond donors (Lipinski definition) is 0. The molecule has 2 heterocycles. The second-order valence-electron chi connectivity index (χ2n) is 12.8. The number of fused-ring (bicyclic) bond motifs is 4. The normalized spacial score (nSPS) is 11.6. The van der Waals surface area contributed by atoms with E-state index in [1.165, 1.54) is 44.2 Å². The van der Waals surface area contributed by atoms with Crippen molar-refractivity contribution >= 4 is 21.7 Å². The molecule has 0 amide bonds. The van der Waals surface area contributed by atoms with E-state index < -0.39 is 0 Å². The molecule has 50 heavy (non-hydrogen) atoms. The van der Waals surface area contributed by atoms with Crippen LogP contribution in [0.4, 0.5) is 0 Å². The Morgan fingerprint density at radius 3 is 1.58 bits per heavy atom. The van der Waals surface area contributed by atoms with Gasteiger partial charge in [-0.1, -0.05) is 152 Å². The second-order valence-corrected chi connectivity index (χ2v) is 12.8. The maximum atomic E-state index is 5.14. The summed E-state index contributed by atoms with van der Waals surface area (Å²) in [7, 11) is 0. The molecule has 0 bridgehead atoms. The lowest BCUT2D eigenvalue weighted by Crippen LogP contribution is -1.96. The maximum absolute atomic E-state index is 5.14. The average Bonchev–Trinajstić information content (AvgIpc) is 3.53. The van der Waals surface area contributed by atoms with Crippen LogP contribution in [0.1, 0.15) is 0 Å². The number of pyridine rings is 1.